The first-order valence-corrected chi connectivity index (χ1v) is 7.54. The predicted octanol–water partition coefficient (Wildman–Crippen LogP) is 4.69. The fourth-order valence-electron chi connectivity index (χ4n) is 3.13. The van der Waals surface area contributed by atoms with Gasteiger partial charge >= 0.3 is 0 Å². The Morgan fingerprint density at radius 3 is 2.16 bits per heavy atom. The van der Waals surface area contributed by atoms with Crippen molar-refractivity contribution in [2.45, 2.75) is 57.9 Å². The molecule has 0 saturated heterocycles. The molecule has 0 heterocycles. The van der Waals surface area contributed by atoms with Gasteiger partial charge in [0.05, 0.1) is 0 Å². The first kappa shape index (κ1) is 16.0. The summed E-state index contributed by atoms with van der Waals surface area (Å²) in [5, 5.41) is 3.55. The lowest BCUT2D eigenvalue weighted by Gasteiger charge is -2.41. The van der Waals surface area contributed by atoms with Gasteiger partial charge < -0.3 is 5.32 Å². The molecule has 1 N–H and O–H groups in total. The van der Waals surface area contributed by atoms with Crippen LogP contribution in [0, 0.1) is 0 Å². The van der Waals surface area contributed by atoms with Gasteiger partial charge in [0.1, 0.15) is 0 Å². The number of nitrogens with one attached hydrogen (secondary N) is 1. The topological polar surface area (TPSA) is 12.0 Å². The van der Waals surface area contributed by atoms with Crippen LogP contribution in [0.2, 0.25) is 0 Å². The molecular formula is C18H29N. The quantitative estimate of drug-likeness (QED) is 0.668. The van der Waals surface area contributed by atoms with Crippen molar-refractivity contribution in [3.05, 3.63) is 48.0 Å². The van der Waals surface area contributed by atoms with Crippen LogP contribution in [0.15, 0.2) is 42.5 Å². The molecule has 106 valence electrons. The van der Waals surface area contributed by atoms with E-state index in [1.54, 1.807) is 0 Å². The Labute approximate surface area is 119 Å². The fourth-order valence-corrected chi connectivity index (χ4v) is 3.13. The minimum absolute atomic E-state index is 0.202. The Morgan fingerprint density at radius 1 is 1.16 bits per heavy atom. The Kier molecular flexibility index (Phi) is 6.30. The van der Waals surface area contributed by atoms with Crippen molar-refractivity contribution >= 4 is 0 Å². The molecule has 1 atom stereocenters. The zero-order chi connectivity index (χ0) is 14.3. The summed E-state index contributed by atoms with van der Waals surface area (Å²) in [5.41, 5.74) is 2.98. The average Bonchev–Trinajstić information content (AvgIpc) is 2.48. The van der Waals surface area contributed by atoms with Crippen LogP contribution in [0.4, 0.5) is 0 Å². The maximum absolute atomic E-state index is 4.20. The van der Waals surface area contributed by atoms with Crippen LogP contribution in [-0.2, 0) is 5.41 Å². The Hall–Kier alpha value is -1.08. The van der Waals surface area contributed by atoms with Gasteiger partial charge in [-0.1, -0.05) is 63.3 Å². The van der Waals surface area contributed by atoms with E-state index in [2.05, 4.69) is 70.0 Å². The van der Waals surface area contributed by atoms with Gasteiger partial charge in [0.2, 0.25) is 0 Å². The maximum Gasteiger partial charge on any atom is 0.0198 e. The summed E-state index contributed by atoms with van der Waals surface area (Å²) < 4.78 is 0. The van der Waals surface area contributed by atoms with Gasteiger partial charge in [-0.05, 0) is 38.3 Å². The van der Waals surface area contributed by atoms with Crippen molar-refractivity contribution in [1.29, 1.82) is 0 Å². The number of hydrogen-bond donors (Lipinski definition) is 1. The standard InChI is InChI=1S/C18H29N/c1-6-15(4)14-17(19-5)18(7-2,8-3)16-12-10-9-11-13-16/h9-13,17,19H,4,6-8,14H2,1-3,5H3. The number of likely N-dealkylation sites (N-methyl/N-ethyl adjacent to an activating group) is 1. The summed E-state index contributed by atoms with van der Waals surface area (Å²) in [5.74, 6) is 0. The summed E-state index contributed by atoms with van der Waals surface area (Å²) in [6.07, 6.45) is 4.42. The first-order chi connectivity index (χ1) is 9.14. The van der Waals surface area contributed by atoms with E-state index in [0.717, 1.165) is 25.7 Å². The molecule has 1 unspecified atom stereocenters. The van der Waals surface area contributed by atoms with E-state index in [-0.39, 0.29) is 5.41 Å². The third-order valence-electron chi connectivity index (χ3n) is 4.62. The van der Waals surface area contributed by atoms with Crippen molar-refractivity contribution in [3.8, 4) is 0 Å². The molecule has 0 amide bonds. The molecule has 0 aliphatic heterocycles. The van der Waals surface area contributed by atoms with Crippen molar-refractivity contribution in [2.75, 3.05) is 7.05 Å². The van der Waals surface area contributed by atoms with Crippen LogP contribution in [-0.4, -0.2) is 13.1 Å². The molecule has 0 radical (unpaired) electrons. The van der Waals surface area contributed by atoms with Crippen LogP contribution in [0.5, 0.6) is 0 Å². The molecule has 0 spiro atoms. The van der Waals surface area contributed by atoms with Crippen molar-refractivity contribution in [1.82, 2.24) is 5.32 Å². The van der Waals surface area contributed by atoms with Crippen LogP contribution < -0.4 is 5.32 Å². The number of benzene rings is 1. The molecule has 0 saturated carbocycles. The van der Waals surface area contributed by atoms with Gasteiger partial charge in [-0.3, -0.25) is 0 Å². The van der Waals surface area contributed by atoms with Crippen molar-refractivity contribution < 1.29 is 0 Å². The highest BCUT2D eigenvalue weighted by Gasteiger charge is 2.36. The lowest BCUT2D eigenvalue weighted by atomic mass is 9.68. The molecule has 1 aromatic rings. The van der Waals surface area contributed by atoms with E-state index >= 15 is 0 Å². The van der Waals surface area contributed by atoms with E-state index < -0.39 is 0 Å². The van der Waals surface area contributed by atoms with E-state index in [0.29, 0.717) is 6.04 Å². The zero-order valence-electron chi connectivity index (χ0n) is 13.0. The second-order valence-corrected chi connectivity index (χ2v) is 5.38. The molecule has 0 aliphatic carbocycles. The van der Waals surface area contributed by atoms with Crippen LogP contribution >= 0.6 is 0 Å². The average molecular weight is 259 g/mol. The second kappa shape index (κ2) is 7.49. The van der Waals surface area contributed by atoms with Crippen molar-refractivity contribution in [3.63, 3.8) is 0 Å². The van der Waals surface area contributed by atoms with Crippen LogP contribution in [0.25, 0.3) is 0 Å². The lowest BCUT2D eigenvalue weighted by Crippen LogP contribution is -2.46. The van der Waals surface area contributed by atoms with E-state index in [9.17, 15) is 0 Å². The molecule has 1 rings (SSSR count). The summed E-state index contributed by atoms with van der Waals surface area (Å²) in [4.78, 5) is 0. The van der Waals surface area contributed by atoms with Crippen LogP contribution in [0.1, 0.15) is 52.0 Å². The number of rotatable bonds is 8. The summed E-state index contributed by atoms with van der Waals surface area (Å²) in [6.45, 7) is 11.0. The minimum atomic E-state index is 0.202. The van der Waals surface area contributed by atoms with Gasteiger partial charge in [0.25, 0.3) is 0 Å². The monoisotopic (exact) mass is 259 g/mol. The SMILES string of the molecule is C=C(CC)CC(NC)C(CC)(CC)c1ccccc1. The van der Waals surface area contributed by atoms with E-state index in [1.165, 1.54) is 11.1 Å². The first-order valence-electron chi connectivity index (χ1n) is 7.54. The van der Waals surface area contributed by atoms with Gasteiger partial charge in [0, 0.05) is 11.5 Å². The fraction of sp³-hybridized carbons (Fsp3) is 0.556. The Morgan fingerprint density at radius 2 is 1.74 bits per heavy atom. The van der Waals surface area contributed by atoms with Crippen molar-refractivity contribution in [2.24, 2.45) is 0 Å². The highest BCUT2D eigenvalue weighted by molar-refractivity contribution is 5.28. The van der Waals surface area contributed by atoms with Gasteiger partial charge in [-0.25, -0.2) is 0 Å². The molecule has 1 aromatic carbocycles. The summed E-state index contributed by atoms with van der Waals surface area (Å²) in [7, 11) is 2.08. The largest absolute Gasteiger partial charge is 0.316 e. The third kappa shape index (κ3) is 3.48. The molecule has 0 fully saturated rings. The van der Waals surface area contributed by atoms with Gasteiger partial charge in [-0.15, -0.1) is 0 Å². The zero-order valence-corrected chi connectivity index (χ0v) is 13.0. The van der Waals surface area contributed by atoms with E-state index in [1.807, 2.05) is 0 Å². The lowest BCUT2D eigenvalue weighted by molar-refractivity contribution is 0.279. The smallest absolute Gasteiger partial charge is 0.0198 e. The summed E-state index contributed by atoms with van der Waals surface area (Å²) in [6, 6.07) is 11.4. The normalized spacial score (nSPS) is 13.3. The molecule has 1 nitrogen and oxygen atoms in total. The van der Waals surface area contributed by atoms with Gasteiger partial charge in [0.15, 0.2) is 0 Å². The second-order valence-electron chi connectivity index (χ2n) is 5.38. The minimum Gasteiger partial charge on any atom is -0.316 e. The summed E-state index contributed by atoms with van der Waals surface area (Å²) >= 11 is 0. The Balaban J connectivity index is 3.12. The molecule has 0 aliphatic rings. The predicted molar refractivity (Wildman–Crippen MR) is 85.6 cm³/mol. The molecule has 0 bridgehead atoms. The molecule has 0 aromatic heterocycles. The van der Waals surface area contributed by atoms with Crippen LogP contribution in [0.3, 0.4) is 0 Å². The number of hydrogen-bond acceptors (Lipinski definition) is 1. The molecule has 19 heavy (non-hydrogen) atoms. The van der Waals surface area contributed by atoms with Gasteiger partial charge in [-0.2, -0.15) is 0 Å². The highest BCUT2D eigenvalue weighted by Crippen LogP contribution is 2.37. The Bertz CT molecular complexity index is 376. The molecule has 1 heteroatoms. The third-order valence-corrected chi connectivity index (χ3v) is 4.62. The highest BCUT2D eigenvalue weighted by atomic mass is 14.9. The molecular weight excluding hydrogens is 230 g/mol. The van der Waals surface area contributed by atoms with E-state index in [4.69, 9.17) is 0 Å². The maximum atomic E-state index is 4.20.